The SMILES string of the molecule is CCc1ccc(C(C(=O)Nc2ccccc2C)N(C(=O)C(CC(C)C)NC(=O)OC(C)(C)C)C(C)CC)cc1. The van der Waals surface area contributed by atoms with Crippen LogP contribution in [0.4, 0.5) is 10.5 Å². The van der Waals surface area contributed by atoms with Crippen LogP contribution in [0.3, 0.4) is 0 Å². The van der Waals surface area contributed by atoms with Crippen molar-refractivity contribution in [2.24, 2.45) is 5.92 Å². The molecule has 7 nitrogen and oxygen atoms in total. The van der Waals surface area contributed by atoms with Gasteiger partial charge in [0, 0.05) is 11.7 Å². The summed E-state index contributed by atoms with van der Waals surface area (Å²) in [5.41, 5.74) is 2.77. The summed E-state index contributed by atoms with van der Waals surface area (Å²) in [4.78, 5) is 42.7. The molecule has 0 radical (unpaired) electrons. The van der Waals surface area contributed by atoms with E-state index in [-0.39, 0.29) is 23.8 Å². The summed E-state index contributed by atoms with van der Waals surface area (Å²) >= 11 is 0. The average molecular weight is 538 g/mol. The van der Waals surface area contributed by atoms with Gasteiger partial charge < -0.3 is 20.3 Å². The zero-order valence-corrected chi connectivity index (χ0v) is 25.1. The fraction of sp³-hybridized carbons (Fsp3) is 0.531. The lowest BCUT2D eigenvalue weighted by atomic mass is 9.96. The van der Waals surface area contributed by atoms with E-state index < -0.39 is 23.8 Å². The maximum atomic E-state index is 14.3. The number of nitrogens with zero attached hydrogens (tertiary/aromatic N) is 1. The summed E-state index contributed by atoms with van der Waals surface area (Å²) < 4.78 is 5.48. The molecule has 2 aromatic carbocycles. The molecule has 0 heterocycles. The molecule has 3 amide bonds. The van der Waals surface area contributed by atoms with Crippen molar-refractivity contribution in [1.82, 2.24) is 10.2 Å². The van der Waals surface area contributed by atoms with Gasteiger partial charge in [-0.2, -0.15) is 0 Å². The van der Waals surface area contributed by atoms with Crippen LogP contribution in [0.5, 0.6) is 0 Å². The third-order valence-corrected chi connectivity index (χ3v) is 6.65. The highest BCUT2D eigenvalue weighted by atomic mass is 16.6. The van der Waals surface area contributed by atoms with Crippen LogP contribution in [0.1, 0.15) is 91.0 Å². The second-order valence-electron chi connectivity index (χ2n) is 11.6. The number of carbonyl (C=O) groups is 3. The molecule has 7 heteroatoms. The van der Waals surface area contributed by atoms with Crippen LogP contribution in [0.15, 0.2) is 48.5 Å². The molecule has 0 saturated heterocycles. The number of benzene rings is 2. The van der Waals surface area contributed by atoms with Crippen LogP contribution in [-0.2, 0) is 20.7 Å². The first kappa shape index (κ1) is 31.9. The predicted octanol–water partition coefficient (Wildman–Crippen LogP) is 6.80. The lowest BCUT2D eigenvalue weighted by Gasteiger charge is -2.38. The van der Waals surface area contributed by atoms with Crippen LogP contribution in [-0.4, -0.2) is 40.5 Å². The second kappa shape index (κ2) is 14.2. The van der Waals surface area contributed by atoms with Crippen LogP contribution in [0.2, 0.25) is 0 Å². The average Bonchev–Trinajstić information content (AvgIpc) is 2.86. The van der Waals surface area contributed by atoms with Crippen LogP contribution >= 0.6 is 0 Å². The summed E-state index contributed by atoms with van der Waals surface area (Å²) in [5.74, 6) is -0.494. The number of hydrogen-bond acceptors (Lipinski definition) is 4. The van der Waals surface area contributed by atoms with Crippen LogP contribution in [0.25, 0.3) is 0 Å². The Kier molecular flexibility index (Phi) is 11.6. The van der Waals surface area contributed by atoms with Crippen molar-refractivity contribution in [1.29, 1.82) is 0 Å². The van der Waals surface area contributed by atoms with Gasteiger partial charge in [-0.15, -0.1) is 0 Å². The van der Waals surface area contributed by atoms with E-state index in [2.05, 4.69) is 17.6 Å². The topological polar surface area (TPSA) is 87.7 Å². The molecule has 2 N–H and O–H groups in total. The van der Waals surface area contributed by atoms with Gasteiger partial charge in [-0.1, -0.05) is 70.2 Å². The molecule has 3 unspecified atom stereocenters. The molecule has 0 saturated carbocycles. The number of carbonyl (C=O) groups excluding carboxylic acids is 3. The van der Waals surface area contributed by atoms with Gasteiger partial charge in [-0.3, -0.25) is 9.59 Å². The summed E-state index contributed by atoms with van der Waals surface area (Å²) in [6, 6.07) is 13.4. The maximum absolute atomic E-state index is 14.3. The normalized spacial score (nSPS) is 13.8. The van der Waals surface area contributed by atoms with Gasteiger partial charge in [0.05, 0.1) is 0 Å². The highest BCUT2D eigenvalue weighted by Crippen LogP contribution is 2.29. The summed E-state index contributed by atoms with van der Waals surface area (Å²) in [7, 11) is 0. The first-order valence-corrected chi connectivity index (χ1v) is 14.0. The molecule has 214 valence electrons. The van der Waals surface area contributed by atoms with E-state index in [1.807, 2.05) is 83.1 Å². The number of nitrogens with one attached hydrogen (secondary N) is 2. The Hall–Kier alpha value is -3.35. The lowest BCUT2D eigenvalue weighted by molar-refractivity contribution is -0.143. The van der Waals surface area contributed by atoms with E-state index in [9.17, 15) is 14.4 Å². The van der Waals surface area contributed by atoms with E-state index >= 15 is 0 Å². The Bertz CT molecular complexity index is 1110. The molecule has 2 aromatic rings. The highest BCUT2D eigenvalue weighted by molar-refractivity contribution is 5.99. The summed E-state index contributed by atoms with van der Waals surface area (Å²) in [6.07, 6.45) is 1.25. The fourth-order valence-corrected chi connectivity index (χ4v) is 4.41. The monoisotopic (exact) mass is 537 g/mol. The minimum atomic E-state index is -0.895. The molecule has 2 rings (SSSR count). The smallest absolute Gasteiger partial charge is 0.408 e. The summed E-state index contributed by atoms with van der Waals surface area (Å²) in [5, 5.41) is 5.86. The number of ether oxygens (including phenoxy) is 1. The van der Waals surface area contributed by atoms with Gasteiger partial charge in [-0.25, -0.2) is 4.79 Å². The van der Waals surface area contributed by atoms with Crippen molar-refractivity contribution < 1.29 is 19.1 Å². The molecule has 0 aliphatic carbocycles. The maximum Gasteiger partial charge on any atom is 0.408 e. The van der Waals surface area contributed by atoms with E-state index in [0.29, 0.717) is 24.1 Å². The number of alkyl carbamates (subject to hydrolysis) is 1. The Morgan fingerprint density at radius 1 is 0.949 bits per heavy atom. The Labute approximate surface area is 234 Å². The predicted molar refractivity (Wildman–Crippen MR) is 158 cm³/mol. The van der Waals surface area contributed by atoms with Gasteiger partial charge in [0.25, 0.3) is 5.91 Å². The minimum Gasteiger partial charge on any atom is -0.444 e. The van der Waals surface area contributed by atoms with Crippen molar-refractivity contribution in [2.75, 3.05) is 5.32 Å². The van der Waals surface area contributed by atoms with Crippen molar-refractivity contribution in [3.63, 3.8) is 0 Å². The van der Waals surface area contributed by atoms with E-state index in [1.54, 1.807) is 25.7 Å². The zero-order chi connectivity index (χ0) is 29.3. The molecule has 0 aliphatic heterocycles. The number of hydrogen-bond donors (Lipinski definition) is 2. The quantitative estimate of drug-likeness (QED) is 0.330. The van der Waals surface area contributed by atoms with Gasteiger partial charge in [0.15, 0.2) is 0 Å². The van der Waals surface area contributed by atoms with Crippen molar-refractivity contribution >= 4 is 23.6 Å². The third-order valence-electron chi connectivity index (χ3n) is 6.65. The molecular weight excluding hydrogens is 490 g/mol. The fourth-order valence-electron chi connectivity index (χ4n) is 4.41. The van der Waals surface area contributed by atoms with Gasteiger partial charge >= 0.3 is 6.09 Å². The second-order valence-corrected chi connectivity index (χ2v) is 11.6. The van der Waals surface area contributed by atoms with E-state index in [0.717, 1.165) is 17.5 Å². The molecule has 39 heavy (non-hydrogen) atoms. The van der Waals surface area contributed by atoms with Gasteiger partial charge in [0.2, 0.25) is 5.91 Å². The minimum absolute atomic E-state index is 0.121. The lowest BCUT2D eigenvalue weighted by Crippen LogP contribution is -2.55. The van der Waals surface area contributed by atoms with E-state index in [1.165, 1.54) is 0 Å². The van der Waals surface area contributed by atoms with E-state index in [4.69, 9.17) is 4.74 Å². The molecular formula is C32H47N3O4. The first-order chi connectivity index (χ1) is 18.3. The number of aryl methyl sites for hydroxylation is 2. The van der Waals surface area contributed by atoms with Crippen molar-refractivity contribution in [3.05, 3.63) is 65.2 Å². The molecule has 0 bridgehead atoms. The highest BCUT2D eigenvalue weighted by Gasteiger charge is 2.38. The Morgan fingerprint density at radius 3 is 2.08 bits per heavy atom. The zero-order valence-electron chi connectivity index (χ0n) is 25.1. The third kappa shape index (κ3) is 9.41. The molecule has 0 spiro atoms. The number of anilines is 1. The molecule has 0 fully saturated rings. The van der Waals surface area contributed by atoms with Crippen LogP contribution in [0, 0.1) is 12.8 Å². The standard InChI is InChI=1S/C32H47N3O4/c1-10-23(6)35(30(37)27(20-21(3)4)34-31(38)39-32(7,8)9)28(25-18-16-24(11-2)17-19-25)29(36)33-26-15-13-12-14-22(26)5/h12-19,21,23,27-28H,10-11,20H2,1-9H3,(H,33,36)(H,34,38). The Balaban J connectivity index is 2.58. The van der Waals surface area contributed by atoms with Crippen LogP contribution < -0.4 is 10.6 Å². The van der Waals surface area contributed by atoms with Gasteiger partial charge in [0.1, 0.15) is 17.7 Å². The number of para-hydroxylation sites is 1. The Morgan fingerprint density at radius 2 is 1.56 bits per heavy atom. The molecule has 0 aliphatic rings. The number of rotatable bonds is 11. The van der Waals surface area contributed by atoms with Crippen molar-refractivity contribution in [2.45, 2.75) is 105 Å². The number of amides is 3. The first-order valence-electron chi connectivity index (χ1n) is 14.0. The molecule has 3 atom stereocenters. The largest absolute Gasteiger partial charge is 0.444 e. The van der Waals surface area contributed by atoms with Gasteiger partial charge in [-0.05, 0) is 82.6 Å². The molecule has 0 aromatic heterocycles. The summed E-state index contributed by atoms with van der Waals surface area (Å²) in [6.45, 7) is 17.3. The van der Waals surface area contributed by atoms with Crippen molar-refractivity contribution in [3.8, 4) is 0 Å².